The molecule has 1 aromatic rings. The first-order valence-electron chi connectivity index (χ1n) is 8.05. The molecule has 1 atom stereocenters. The van der Waals surface area contributed by atoms with Gasteiger partial charge in [0, 0.05) is 42.8 Å². The number of carbonyl (C=O) groups is 1. The first kappa shape index (κ1) is 18.0. The Labute approximate surface area is 142 Å². The largest absolute Gasteiger partial charge is 0.396 e. The smallest absolute Gasteiger partial charge is 0.315 e. The Morgan fingerprint density at radius 3 is 2.74 bits per heavy atom. The summed E-state index contributed by atoms with van der Waals surface area (Å²) in [6.45, 7) is 3.76. The second-order valence-corrected chi connectivity index (χ2v) is 6.52. The van der Waals surface area contributed by atoms with Gasteiger partial charge in [-0.25, -0.2) is 4.79 Å². The predicted octanol–water partition coefficient (Wildman–Crippen LogP) is 2.46. The van der Waals surface area contributed by atoms with Crippen molar-refractivity contribution in [3.63, 3.8) is 0 Å². The summed E-state index contributed by atoms with van der Waals surface area (Å²) in [6, 6.07) is 7.52. The van der Waals surface area contributed by atoms with E-state index < -0.39 is 0 Å². The third-order valence-electron chi connectivity index (χ3n) is 4.42. The Hall–Kier alpha value is -1.30. The number of benzene rings is 1. The van der Waals surface area contributed by atoms with Crippen LogP contribution in [0.15, 0.2) is 24.3 Å². The molecule has 2 rings (SSSR count). The Kier molecular flexibility index (Phi) is 6.69. The summed E-state index contributed by atoms with van der Waals surface area (Å²) in [5.74, 6) is 0. The summed E-state index contributed by atoms with van der Waals surface area (Å²) < 4.78 is 5.49. The predicted molar refractivity (Wildman–Crippen MR) is 90.9 cm³/mol. The van der Waals surface area contributed by atoms with Gasteiger partial charge >= 0.3 is 6.03 Å². The molecule has 5 nitrogen and oxygen atoms in total. The van der Waals surface area contributed by atoms with Crippen molar-refractivity contribution in [3.05, 3.63) is 34.9 Å². The monoisotopic (exact) mass is 340 g/mol. The lowest BCUT2D eigenvalue weighted by Gasteiger charge is -2.38. The quantitative estimate of drug-likeness (QED) is 0.745. The van der Waals surface area contributed by atoms with Gasteiger partial charge in [-0.2, -0.15) is 0 Å². The number of nitrogens with one attached hydrogen (secondary N) is 2. The minimum Gasteiger partial charge on any atom is -0.396 e. The van der Waals surface area contributed by atoms with Crippen LogP contribution in [0.5, 0.6) is 0 Å². The van der Waals surface area contributed by atoms with E-state index in [2.05, 4.69) is 10.6 Å². The van der Waals surface area contributed by atoms with E-state index >= 15 is 0 Å². The van der Waals surface area contributed by atoms with Crippen molar-refractivity contribution in [1.29, 1.82) is 0 Å². The molecular weight excluding hydrogens is 316 g/mol. The van der Waals surface area contributed by atoms with Crippen molar-refractivity contribution in [2.75, 3.05) is 26.4 Å². The number of halogens is 1. The number of carbonyl (C=O) groups excluding carboxylic acids is 1. The lowest BCUT2D eigenvalue weighted by Crippen LogP contribution is -2.49. The molecular formula is C17H25ClN2O3. The van der Waals surface area contributed by atoms with Gasteiger partial charge in [0.05, 0.1) is 0 Å². The molecule has 1 aliphatic rings. The third kappa shape index (κ3) is 4.83. The van der Waals surface area contributed by atoms with Crippen molar-refractivity contribution >= 4 is 17.6 Å². The highest BCUT2D eigenvalue weighted by Gasteiger charge is 2.36. The number of urea groups is 1. The van der Waals surface area contributed by atoms with E-state index in [0.717, 1.165) is 23.4 Å². The molecule has 6 heteroatoms. The maximum Gasteiger partial charge on any atom is 0.315 e. The van der Waals surface area contributed by atoms with Crippen LogP contribution in [-0.2, 0) is 10.2 Å². The fourth-order valence-corrected chi connectivity index (χ4v) is 3.32. The van der Waals surface area contributed by atoms with Crippen LogP contribution in [0.2, 0.25) is 5.02 Å². The van der Waals surface area contributed by atoms with Crippen LogP contribution in [-0.4, -0.2) is 43.5 Å². The molecule has 1 saturated heterocycles. The molecule has 0 aliphatic carbocycles. The van der Waals surface area contributed by atoms with Gasteiger partial charge in [-0.3, -0.25) is 0 Å². The summed E-state index contributed by atoms with van der Waals surface area (Å²) in [7, 11) is 0. The number of amides is 2. The Balaban J connectivity index is 2.05. The van der Waals surface area contributed by atoms with Crippen LogP contribution >= 0.6 is 11.6 Å². The highest BCUT2D eigenvalue weighted by atomic mass is 35.5. The molecule has 1 aliphatic heterocycles. The Morgan fingerprint density at radius 1 is 1.39 bits per heavy atom. The molecule has 0 radical (unpaired) electrons. The second-order valence-electron chi connectivity index (χ2n) is 6.11. The molecule has 1 heterocycles. The van der Waals surface area contributed by atoms with E-state index in [1.807, 2.05) is 31.2 Å². The summed E-state index contributed by atoms with van der Waals surface area (Å²) in [6.07, 6.45) is 2.18. The van der Waals surface area contributed by atoms with E-state index in [9.17, 15) is 4.79 Å². The summed E-state index contributed by atoms with van der Waals surface area (Å²) in [5, 5.41) is 15.4. The fourth-order valence-electron chi connectivity index (χ4n) is 2.98. The van der Waals surface area contributed by atoms with E-state index in [1.54, 1.807) is 0 Å². The number of ether oxygens (including phenoxy) is 1. The van der Waals surface area contributed by atoms with Gasteiger partial charge in [-0.05, 0) is 37.8 Å². The third-order valence-corrected chi connectivity index (χ3v) is 4.75. The first-order chi connectivity index (χ1) is 11.1. The molecule has 23 heavy (non-hydrogen) atoms. The minimum absolute atomic E-state index is 0.0579. The van der Waals surface area contributed by atoms with Gasteiger partial charge in [-0.15, -0.1) is 0 Å². The molecule has 1 fully saturated rings. The van der Waals surface area contributed by atoms with Gasteiger partial charge in [0.2, 0.25) is 0 Å². The summed E-state index contributed by atoms with van der Waals surface area (Å²) >= 11 is 6.39. The maximum atomic E-state index is 12.1. The van der Waals surface area contributed by atoms with Crippen molar-refractivity contribution in [3.8, 4) is 0 Å². The van der Waals surface area contributed by atoms with Crippen LogP contribution < -0.4 is 10.6 Å². The van der Waals surface area contributed by atoms with Crippen molar-refractivity contribution in [2.45, 2.75) is 37.6 Å². The summed E-state index contributed by atoms with van der Waals surface area (Å²) in [5.41, 5.74) is 0.863. The van der Waals surface area contributed by atoms with Crippen LogP contribution in [0.4, 0.5) is 4.79 Å². The minimum atomic E-state index is -0.219. The molecule has 0 saturated carbocycles. The van der Waals surface area contributed by atoms with E-state index in [0.29, 0.717) is 26.2 Å². The zero-order valence-corrected chi connectivity index (χ0v) is 14.2. The first-order valence-corrected chi connectivity index (χ1v) is 8.43. The Morgan fingerprint density at radius 2 is 2.09 bits per heavy atom. The summed E-state index contributed by atoms with van der Waals surface area (Å²) in [4.78, 5) is 12.1. The van der Waals surface area contributed by atoms with Crippen molar-refractivity contribution < 1.29 is 14.6 Å². The van der Waals surface area contributed by atoms with E-state index in [4.69, 9.17) is 21.4 Å². The van der Waals surface area contributed by atoms with Gasteiger partial charge in [0.15, 0.2) is 0 Å². The van der Waals surface area contributed by atoms with Gasteiger partial charge in [0.1, 0.15) is 0 Å². The molecule has 128 valence electrons. The maximum absolute atomic E-state index is 12.1. The molecule has 0 bridgehead atoms. The SMILES string of the molecule is C[C@H](CCO)NC(=O)NCC1(c2ccccc2Cl)CCOCC1. The zero-order valence-electron chi connectivity index (χ0n) is 13.5. The van der Waals surface area contributed by atoms with Gasteiger partial charge in [0.25, 0.3) is 0 Å². The number of aliphatic hydroxyl groups excluding tert-OH is 1. The number of rotatable bonds is 6. The van der Waals surface area contributed by atoms with Gasteiger partial charge < -0.3 is 20.5 Å². The zero-order chi connectivity index (χ0) is 16.7. The lowest BCUT2D eigenvalue weighted by molar-refractivity contribution is 0.0507. The van der Waals surface area contributed by atoms with Gasteiger partial charge in [-0.1, -0.05) is 29.8 Å². The molecule has 2 amide bonds. The van der Waals surface area contributed by atoms with E-state index in [-0.39, 0.29) is 24.1 Å². The standard InChI is InChI=1S/C17H25ClN2O3/c1-13(6-9-21)20-16(22)19-12-17(7-10-23-11-8-17)14-4-2-3-5-15(14)18/h2-5,13,21H,6-12H2,1H3,(H2,19,20,22)/t13-/m1/s1. The normalized spacial score (nSPS) is 18.2. The average molecular weight is 341 g/mol. The van der Waals surface area contributed by atoms with Crippen LogP contribution in [0, 0.1) is 0 Å². The fraction of sp³-hybridized carbons (Fsp3) is 0.588. The molecule has 0 spiro atoms. The Bertz CT molecular complexity index is 518. The highest BCUT2D eigenvalue weighted by Crippen LogP contribution is 2.38. The lowest BCUT2D eigenvalue weighted by atomic mass is 9.74. The number of aliphatic hydroxyl groups is 1. The number of hydrogen-bond acceptors (Lipinski definition) is 3. The average Bonchev–Trinajstić information content (AvgIpc) is 2.54. The highest BCUT2D eigenvalue weighted by molar-refractivity contribution is 6.31. The van der Waals surface area contributed by atoms with Crippen LogP contribution in [0.1, 0.15) is 31.7 Å². The molecule has 3 N–H and O–H groups in total. The second kappa shape index (κ2) is 8.52. The van der Waals surface area contributed by atoms with Crippen LogP contribution in [0.3, 0.4) is 0 Å². The van der Waals surface area contributed by atoms with Crippen molar-refractivity contribution in [1.82, 2.24) is 10.6 Å². The number of hydrogen-bond donors (Lipinski definition) is 3. The topological polar surface area (TPSA) is 70.6 Å². The van der Waals surface area contributed by atoms with Crippen molar-refractivity contribution in [2.24, 2.45) is 0 Å². The molecule has 0 unspecified atom stereocenters. The molecule has 0 aromatic heterocycles. The molecule has 1 aromatic carbocycles. The van der Waals surface area contributed by atoms with E-state index in [1.165, 1.54) is 0 Å². The van der Waals surface area contributed by atoms with Crippen LogP contribution in [0.25, 0.3) is 0 Å².